The lowest BCUT2D eigenvalue weighted by atomic mass is 10.1. The minimum atomic E-state index is -4.41. The summed E-state index contributed by atoms with van der Waals surface area (Å²) in [7, 11) is -3.30. The summed E-state index contributed by atoms with van der Waals surface area (Å²) in [5.74, 6) is -0.926. The Morgan fingerprint density at radius 3 is 2.33 bits per heavy atom. The number of esters is 1. The molecule has 0 bridgehead atoms. The van der Waals surface area contributed by atoms with E-state index >= 15 is 0 Å². The van der Waals surface area contributed by atoms with Crippen LogP contribution in [-0.2, 0) is 23.8 Å². The number of rotatable bonds is 5. The number of hydrogen-bond acceptors (Lipinski definition) is 5. The van der Waals surface area contributed by atoms with Crippen molar-refractivity contribution in [2.24, 2.45) is 0 Å². The SMILES string of the molecule is COC(=O)[C@H](OS(=O)(=O)c1cc(Cl)ccc1Cl)c1ccccc1Cl. The van der Waals surface area contributed by atoms with Crippen LogP contribution >= 0.6 is 34.8 Å². The molecule has 0 radical (unpaired) electrons. The molecule has 9 heteroatoms. The average molecular weight is 410 g/mol. The highest BCUT2D eigenvalue weighted by Gasteiger charge is 2.32. The first-order valence-corrected chi connectivity index (χ1v) is 9.01. The van der Waals surface area contributed by atoms with Crippen LogP contribution in [0, 0.1) is 0 Å². The quantitative estimate of drug-likeness (QED) is 0.545. The van der Waals surface area contributed by atoms with Crippen molar-refractivity contribution >= 4 is 50.9 Å². The summed E-state index contributed by atoms with van der Waals surface area (Å²) < 4.78 is 34.7. The zero-order valence-corrected chi connectivity index (χ0v) is 15.3. The van der Waals surface area contributed by atoms with Gasteiger partial charge in [0.1, 0.15) is 4.90 Å². The molecule has 128 valence electrons. The molecule has 0 aliphatic carbocycles. The van der Waals surface area contributed by atoms with Crippen LogP contribution in [-0.4, -0.2) is 21.5 Å². The fourth-order valence-corrected chi connectivity index (χ4v) is 3.85. The molecule has 0 aromatic heterocycles. The molecule has 0 unspecified atom stereocenters. The molecule has 24 heavy (non-hydrogen) atoms. The highest BCUT2D eigenvalue weighted by atomic mass is 35.5. The van der Waals surface area contributed by atoms with Gasteiger partial charge in [-0.25, -0.2) is 8.98 Å². The van der Waals surface area contributed by atoms with Gasteiger partial charge in [-0.05, 0) is 24.3 Å². The van der Waals surface area contributed by atoms with Crippen molar-refractivity contribution in [2.75, 3.05) is 7.11 Å². The van der Waals surface area contributed by atoms with Crippen LogP contribution in [0.25, 0.3) is 0 Å². The van der Waals surface area contributed by atoms with E-state index in [9.17, 15) is 13.2 Å². The molecule has 0 heterocycles. The maximum Gasteiger partial charge on any atom is 0.341 e. The molecule has 1 atom stereocenters. The Labute approximate surface area is 154 Å². The average Bonchev–Trinajstić information content (AvgIpc) is 2.55. The van der Waals surface area contributed by atoms with Crippen molar-refractivity contribution in [3.63, 3.8) is 0 Å². The third kappa shape index (κ3) is 4.20. The first-order valence-electron chi connectivity index (χ1n) is 6.47. The molecule has 0 saturated heterocycles. The van der Waals surface area contributed by atoms with Gasteiger partial charge in [-0.1, -0.05) is 53.0 Å². The van der Waals surface area contributed by atoms with E-state index < -0.39 is 22.2 Å². The van der Waals surface area contributed by atoms with E-state index in [4.69, 9.17) is 39.0 Å². The summed E-state index contributed by atoms with van der Waals surface area (Å²) in [6.45, 7) is 0. The second kappa shape index (κ2) is 7.72. The van der Waals surface area contributed by atoms with Crippen LogP contribution < -0.4 is 0 Å². The van der Waals surface area contributed by atoms with Gasteiger partial charge in [-0.15, -0.1) is 0 Å². The molecule has 0 fully saturated rings. The fraction of sp³-hybridized carbons (Fsp3) is 0.133. The third-order valence-electron chi connectivity index (χ3n) is 2.99. The minimum Gasteiger partial charge on any atom is -0.467 e. The zero-order valence-electron chi connectivity index (χ0n) is 12.2. The lowest BCUT2D eigenvalue weighted by molar-refractivity contribution is -0.149. The molecule has 5 nitrogen and oxygen atoms in total. The number of halogens is 3. The van der Waals surface area contributed by atoms with E-state index in [0.29, 0.717) is 0 Å². The van der Waals surface area contributed by atoms with Crippen molar-refractivity contribution in [1.29, 1.82) is 0 Å². The summed E-state index contributed by atoms with van der Waals surface area (Å²) >= 11 is 17.7. The minimum absolute atomic E-state index is 0.0952. The first-order chi connectivity index (χ1) is 11.3. The van der Waals surface area contributed by atoms with Crippen molar-refractivity contribution in [3.05, 3.63) is 63.1 Å². The number of hydrogen-bond donors (Lipinski definition) is 0. The molecule has 0 N–H and O–H groups in total. The van der Waals surface area contributed by atoms with Gasteiger partial charge in [0.2, 0.25) is 6.10 Å². The maximum atomic E-state index is 12.5. The van der Waals surface area contributed by atoms with Gasteiger partial charge < -0.3 is 4.74 Å². The number of benzene rings is 2. The van der Waals surface area contributed by atoms with Crippen LogP contribution in [0.3, 0.4) is 0 Å². The Morgan fingerprint density at radius 2 is 1.71 bits per heavy atom. The van der Waals surface area contributed by atoms with Crippen LogP contribution in [0.1, 0.15) is 11.7 Å². The van der Waals surface area contributed by atoms with Gasteiger partial charge >= 0.3 is 5.97 Å². The summed E-state index contributed by atoms with van der Waals surface area (Å²) in [6.07, 6.45) is -1.58. The molecular weight excluding hydrogens is 399 g/mol. The van der Waals surface area contributed by atoms with Gasteiger partial charge in [0.05, 0.1) is 12.1 Å². The van der Waals surface area contributed by atoms with Crippen LogP contribution in [0.5, 0.6) is 0 Å². The molecule has 0 aliphatic rings. The van der Waals surface area contributed by atoms with Gasteiger partial charge in [0.25, 0.3) is 10.1 Å². The molecule has 0 spiro atoms. The Kier molecular flexibility index (Phi) is 6.11. The highest BCUT2D eigenvalue weighted by Crippen LogP contribution is 2.33. The van der Waals surface area contributed by atoms with Crippen LogP contribution in [0.15, 0.2) is 47.4 Å². The number of carbonyl (C=O) groups excluding carboxylic acids is 1. The second-order valence-corrected chi connectivity index (χ2v) is 7.34. The summed E-state index contributed by atoms with van der Waals surface area (Å²) in [5.41, 5.74) is 0.146. The number of carbonyl (C=O) groups is 1. The summed E-state index contributed by atoms with van der Waals surface area (Å²) in [4.78, 5) is 11.6. The predicted octanol–water partition coefficient (Wildman–Crippen LogP) is 4.27. The Balaban J connectivity index is 2.48. The molecule has 2 rings (SSSR count). The number of methoxy groups -OCH3 is 1. The van der Waals surface area contributed by atoms with E-state index in [1.807, 2.05) is 0 Å². The monoisotopic (exact) mass is 408 g/mol. The van der Waals surface area contributed by atoms with Gasteiger partial charge in [-0.3, -0.25) is 0 Å². The highest BCUT2D eigenvalue weighted by molar-refractivity contribution is 7.87. The van der Waals surface area contributed by atoms with E-state index in [2.05, 4.69) is 4.74 Å². The summed E-state index contributed by atoms with van der Waals surface area (Å²) in [6, 6.07) is 10.0. The van der Waals surface area contributed by atoms with Crippen molar-refractivity contribution < 1.29 is 22.1 Å². The Bertz CT molecular complexity index is 867. The summed E-state index contributed by atoms with van der Waals surface area (Å²) in [5, 5.41) is 0.205. The predicted molar refractivity (Wildman–Crippen MR) is 90.9 cm³/mol. The molecule has 0 saturated carbocycles. The Hall–Kier alpha value is -1.31. The van der Waals surface area contributed by atoms with E-state index in [0.717, 1.165) is 13.2 Å². The van der Waals surface area contributed by atoms with E-state index in [1.165, 1.54) is 24.3 Å². The van der Waals surface area contributed by atoms with E-state index in [1.54, 1.807) is 12.1 Å². The third-order valence-corrected chi connectivity index (χ3v) is 5.33. The van der Waals surface area contributed by atoms with Crippen molar-refractivity contribution in [1.82, 2.24) is 0 Å². The first kappa shape index (κ1) is 19.0. The molecule has 2 aromatic carbocycles. The lowest BCUT2D eigenvalue weighted by Crippen LogP contribution is -2.22. The molecule has 2 aromatic rings. The standard InChI is InChI=1S/C15H11Cl3O5S/c1-22-15(19)14(10-4-2-3-5-11(10)17)23-24(20,21)13-8-9(16)6-7-12(13)18/h2-8,14H,1H3/t14-/m1/s1. The van der Waals surface area contributed by atoms with Gasteiger partial charge in [-0.2, -0.15) is 8.42 Å². The molecular formula is C15H11Cl3O5S. The second-order valence-electron chi connectivity index (χ2n) is 4.55. The maximum absolute atomic E-state index is 12.5. The largest absolute Gasteiger partial charge is 0.467 e. The lowest BCUT2D eigenvalue weighted by Gasteiger charge is -2.17. The van der Waals surface area contributed by atoms with E-state index in [-0.39, 0.29) is 25.5 Å². The zero-order chi connectivity index (χ0) is 17.9. The smallest absolute Gasteiger partial charge is 0.341 e. The van der Waals surface area contributed by atoms with Gasteiger partial charge in [0, 0.05) is 15.6 Å². The fourth-order valence-electron chi connectivity index (χ4n) is 1.86. The van der Waals surface area contributed by atoms with Crippen molar-refractivity contribution in [3.8, 4) is 0 Å². The topological polar surface area (TPSA) is 69.7 Å². The normalized spacial score (nSPS) is 12.7. The molecule has 0 aliphatic heterocycles. The van der Waals surface area contributed by atoms with Gasteiger partial charge in [0.15, 0.2) is 0 Å². The number of ether oxygens (including phenoxy) is 1. The van der Waals surface area contributed by atoms with Crippen LogP contribution in [0.2, 0.25) is 15.1 Å². The molecule has 0 amide bonds. The van der Waals surface area contributed by atoms with Crippen LogP contribution in [0.4, 0.5) is 0 Å². The van der Waals surface area contributed by atoms with Crippen molar-refractivity contribution in [2.45, 2.75) is 11.0 Å². The Morgan fingerprint density at radius 1 is 1.04 bits per heavy atom.